The van der Waals surface area contributed by atoms with Gasteiger partial charge in [-0.3, -0.25) is 4.68 Å². The van der Waals surface area contributed by atoms with Gasteiger partial charge in [0.15, 0.2) is 5.82 Å². The first-order valence-electron chi connectivity index (χ1n) is 7.74. The molecule has 0 saturated carbocycles. The van der Waals surface area contributed by atoms with Crippen molar-refractivity contribution in [2.75, 3.05) is 23.3 Å². The largest absolute Gasteiger partial charge is 0.393 e. The molecule has 0 spiro atoms. The first-order chi connectivity index (χ1) is 10.6. The Morgan fingerprint density at radius 1 is 1.36 bits per heavy atom. The molecule has 6 nitrogen and oxygen atoms in total. The number of pyridine rings is 1. The first-order valence-corrected chi connectivity index (χ1v) is 7.74. The van der Waals surface area contributed by atoms with Gasteiger partial charge in [-0.15, -0.1) is 0 Å². The Bertz CT molecular complexity index is 631. The summed E-state index contributed by atoms with van der Waals surface area (Å²) < 4.78 is 1.88. The average Bonchev–Trinajstić information content (AvgIpc) is 2.86. The number of hydrogen-bond donors (Lipinski definition) is 2. The summed E-state index contributed by atoms with van der Waals surface area (Å²) in [5.74, 6) is 0.968. The maximum absolute atomic E-state index is 9.66. The van der Waals surface area contributed by atoms with Crippen molar-refractivity contribution in [3.8, 4) is 0 Å². The molecule has 22 heavy (non-hydrogen) atoms. The van der Waals surface area contributed by atoms with Crippen LogP contribution < -0.4 is 10.2 Å². The monoisotopic (exact) mass is 301 g/mol. The third kappa shape index (κ3) is 3.06. The Kier molecular flexibility index (Phi) is 4.29. The molecule has 0 atom stereocenters. The fourth-order valence-corrected chi connectivity index (χ4v) is 2.77. The van der Waals surface area contributed by atoms with Gasteiger partial charge in [0.05, 0.1) is 18.0 Å². The van der Waals surface area contributed by atoms with Crippen molar-refractivity contribution in [2.45, 2.75) is 32.4 Å². The molecule has 1 saturated heterocycles. The van der Waals surface area contributed by atoms with Crippen molar-refractivity contribution in [1.29, 1.82) is 0 Å². The maximum Gasteiger partial charge on any atom is 0.151 e. The van der Waals surface area contributed by atoms with E-state index in [2.05, 4.69) is 33.3 Å². The maximum atomic E-state index is 9.66. The molecule has 2 N–H and O–H groups in total. The summed E-state index contributed by atoms with van der Waals surface area (Å²) in [5, 5.41) is 17.4. The highest BCUT2D eigenvalue weighted by Gasteiger charge is 2.20. The Morgan fingerprint density at radius 3 is 2.82 bits per heavy atom. The zero-order valence-corrected chi connectivity index (χ0v) is 13.2. The van der Waals surface area contributed by atoms with Gasteiger partial charge in [0.2, 0.25) is 0 Å². The molecule has 0 aliphatic carbocycles. The van der Waals surface area contributed by atoms with Crippen molar-refractivity contribution in [3.63, 3.8) is 0 Å². The van der Waals surface area contributed by atoms with Gasteiger partial charge >= 0.3 is 0 Å². The minimum atomic E-state index is -0.172. The van der Waals surface area contributed by atoms with Crippen molar-refractivity contribution in [2.24, 2.45) is 7.05 Å². The molecule has 3 rings (SSSR count). The molecule has 0 bridgehead atoms. The van der Waals surface area contributed by atoms with Crippen LogP contribution in [0, 0.1) is 6.92 Å². The number of aryl methyl sites for hydroxylation is 1. The first kappa shape index (κ1) is 14.8. The summed E-state index contributed by atoms with van der Waals surface area (Å²) >= 11 is 0. The van der Waals surface area contributed by atoms with Crippen LogP contribution in [0.1, 0.15) is 24.1 Å². The number of aliphatic hydroxyl groups excluding tert-OH is 1. The van der Waals surface area contributed by atoms with E-state index < -0.39 is 0 Å². The lowest BCUT2D eigenvalue weighted by Gasteiger charge is -2.31. The number of aromatic nitrogens is 3. The van der Waals surface area contributed by atoms with E-state index in [9.17, 15) is 5.11 Å². The second-order valence-corrected chi connectivity index (χ2v) is 5.83. The van der Waals surface area contributed by atoms with Crippen molar-refractivity contribution < 1.29 is 5.11 Å². The third-order valence-corrected chi connectivity index (χ3v) is 4.36. The number of nitrogens with zero attached hydrogens (tertiary/aromatic N) is 4. The molecule has 1 fully saturated rings. The SMILES string of the molecule is Cc1c(CNc2cccnc2N2CCC(O)CC2)cnn1C. The standard InChI is InChI=1S/C16H23N5O/c1-12-13(11-19-20(12)2)10-18-15-4-3-7-17-16(15)21-8-5-14(22)6-9-21/h3-4,7,11,14,18,22H,5-6,8-10H2,1-2H3. The Balaban J connectivity index is 1.72. The van der Waals surface area contributed by atoms with Crippen LogP contribution in [0.25, 0.3) is 0 Å². The number of piperidine rings is 1. The molecule has 0 amide bonds. The molecule has 0 unspecified atom stereocenters. The molecule has 2 aromatic heterocycles. The van der Waals surface area contributed by atoms with Crippen LogP contribution in [0.3, 0.4) is 0 Å². The number of hydrogen-bond acceptors (Lipinski definition) is 5. The highest BCUT2D eigenvalue weighted by molar-refractivity contribution is 5.65. The van der Waals surface area contributed by atoms with Crippen LogP contribution in [0.5, 0.6) is 0 Å². The number of nitrogens with one attached hydrogen (secondary N) is 1. The van der Waals surface area contributed by atoms with Crippen LogP contribution in [0.4, 0.5) is 11.5 Å². The zero-order valence-electron chi connectivity index (χ0n) is 13.2. The molecule has 1 aliphatic rings. The van der Waals surface area contributed by atoms with Gasteiger partial charge in [-0.05, 0) is 31.9 Å². The Hall–Kier alpha value is -2.08. The molecule has 6 heteroatoms. The molecule has 118 valence electrons. The highest BCUT2D eigenvalue weighted by Crippen LogP contribution is 2.26. The molecule has 1 aliphatic heterocycles. The normalized spacial score (nSPS) is 16.0. The van der Waals surface area contributed by atoms with E-state index in [1.54, 1.807) is 0 Å². The average molecular weight is 301 g/mol. The third-order valence-electron chi connectivity index (χ3n) is 4.36. The van der Waals surface area contributed by atoms with Gasteiger partial charge in [0.25, 0.3) is 0 Å². The fourth-order valence-electron chi connectivity index (χ4n) is 2.77. The molecule has 2 aromatic rings. The molecular weight excluding hydrogens is 278 g/mol. The van der Waals surface area contributed by atoms with Crippen LogP contribution in [-0.4, -0.2) is 39.1 Å². The van der Waals surface area contributed by atoms with Crippen LogP contribution in [0.2, 0.25) is 0 Å². The van der Waals surface area contributed by atoms with Gasteiger partial charge in [0, 0.05) is 44.1 Å². The lowest BCUT2D eigenvalue weighted by atomic mass is 10.1. The number of rotatable bonds is 4. The minimum Gasteiger partial charge on any atom is -0.393 e. The Morgan fingerprint density at radius 2 is 2.14 bits per heavy atom. The number of anilines is 2. The Labute approximate surface area is 130 Å². The summed E-state index contributed by atoms with van der Waals surface area (Å²) in [6.07, 6.45) is 5.15. The van der Waals surface area contributed by atoms with Crippen molar-refractivity contribution >= 4 is 11.5 Å². The summed E-state index contributed by atoms with van der Waals surface area (Å²) in [7, 11) is 1.95. The van der Waals surface area contributed by atoms with Crippen LogP contribution >= 0.6 is 0 Å². The topological polar surface area (TPSA) is 66.2 Å². The summed E-state index contributed by atoms with van der Waals surface area (Å²) in [6, 6.07) is 4.00. The predicted octanol–water partition coefficient (Wildman–Crippen LogP) is 1.70. The van der Waals surface area contributed by atoms with E-state index in [-0.39, 0.29) is 6.10 Å². The van der Waals surface area contributed by atoms with E-state index in [4.69, 9.17) is 0 Å². The van der Waals surface area contributed by atoms with Gasteiger partial charge < -0.3 is 15.3 Å². The van der Waals surface area contributed by atoms with Gasteiger partial charge in [-0.1, -0.05) is 0 Å². The summed E-state index contributed by atoms with van der Waals surface area (Å²) in [5.41, 5.74) is 3.38. The summed E-state index contributed by atoms with van der Waals surface area (Å²) in [4.78, 5) is 6.77. The highest BCUT2D eigenvalue weighted by atomic mass is 16.3. The van der Waals surface area contributed by atoms with E-state index >= 15 is 0 Å². The van der Waals surface area contributed by atoms with E-state index in [0.29, 0.717) is 0 Å². The second kappa shape index (κ2) is 6.36. The van der Waals surface area contributed by atoms with Crippen LogP contribution in [-0.2, 0) is 13.6 Å². The van der Waals surface area contributed by atoms with E-state index in [0.717, 1.165) is 44.0 Å². The van der Waals surface area contributed by atoms with E-state index in [1.807, 2.05) is 30.2 Å². The van der Waals surface area contributed by atoms with Crippen LogP contribution in [0.15, 0.2) is 24.5 Å². The lowest BCUT2D eigenvalue weighted by molar-refractivity contribution is 0.145. The van der Waals surface area contributed by atoms with E-state index in [1.165, 1.54) is 11.3 Å². The van der Waals surface area contributed by atoms with Crippen molar-refractivity contribution in [1.82, 2.24) is 14.8 Å². The second-order valence-electron chi connectivity index (χ2n) is 5.83. The quantitative estimate of drug-likeness (QED) is 0.900. The molecule has 0 radical (unpaired) electrons. The molecule has 0 aromatic carbocycles. The molecular formula is C16H23N5O. The molecule has 3 heterocycles. The summed E-state index contributed by atoms with van der Waals surface area (Å²) in [6.45, 7) is 4.49. The zero-order chi connectivity index (χ0) is 15.5. The lowest BCUT2D eigenvalue weighted by Crippen LogP contribution is -2.36. The minimum absolute atomic E-state index is 0.172. The fraction of sp³-hybridized carbons (Fsp3) is 0.500. The van der Waals surface area contributed by atoms with Gasteiger partial charge in [0.1, 0.15) is 0 Å². The smallest absolute Gasteiger partial charge is 0.151 e. The predicted molar refractivity (Wildman–Crippen MR) is 87.0 cm³/mol. The van der Waals surface area contributed by atoms with Gasteiger partial charge in [-0.25, -0.2) is 4.98 Å². The van der Waals surface area contributed by atoms with Crippen molar-refractivity contribution in [3.05, 3.63) is 35.8 Å². The van der Waals surface area contributed by atoms with Gasteiger partial charge in [-0.2, -0.15) is 5.10 Å². The number of aliphatic hydroxyl groups is 1.